The van der Waals surface area contributed by atoms with Gasteiger partial charge in [0.1, 0.15) is 11.3 Å². The summed E-state index contributed by atoms with van der Waals surface area (Å²) >= 11 is 0. The zero-order valence-corrected chi connectivity index (χ0v) is 17.6. The van der Waals surface area contributed by atoms with Crippen molar-refractivity contribution in [3.8, 4) is 23.6 Å². The first-order chi connectivity index (χ1) is 14.4. The minimum Gasteiger partial charge on any atom is -0.389 e. The maximum Gasteiger partial charge on any atom is 0.271 e. The topological polar surface area (TPSA) is 94.7 Å². The lowest BCUT2D eigenvalue weighted by atomic mass is 10.1. The van der Waals surface area contributed by atoms with E-state index in [4.69, 9.17) is 6.42 Å². The molecule has 0 saturated heterocycles. The summed E-state index contributed by atoms with van der Waals surface area (Å²) in [5, 5.41) is 10.1. The van der Waals surface area contributed by atoms with Crippen LogP contribution in [0.4, 0.5) is 0 Å². The van der Waals surface area contributed by atoms with Crippen LogP contribution in [-0.2, 0) is 0 Å². The van der Waals surface area contributed by atoms with Crippen LogP contribution in [0.2, 0.25) is 0 Å². The molecule has 0 fully saturated rings. The van der Waals surface area contributed by atoms with E-state index in [0.717, 1.165) is 34.5 Å². The van der Waals surface area contributed by atoms with E-state index >= 15 is 0 Å². The fraction of sp³-hybridized carbons (Fsp3) is 0.261. The Kier molecular flexibility index (Phi) is 6.07. The number of amides is 1. The zero-order valence-electron chi connectivity index (χ0n) is 17.6. The quantitative estimate of drug-likeness (QED) is 0.456. The van der Waals surface area contributed by atoms with Crippen LogP contribution < -0.4 is 16.0 Å². The number of pyridine rings is 2. The molecule has 154 valence electrons. The molecule has 0 spiro atoms. The first kappa shape index (κ1) is 20.9. The first-order valence-corrected chi connectivity index (χ1v) is 9.75. The maximum atomic E-state index is 12.5. The molecule has 0 radical (unpaired) electrons. The van der Waals surface area contributed by atoms with Gasteiger partial charge in [0.15, 0.2) is 0 Å². The molecule has 30 heavy (non-hydrogen) atoms. The lowest BCUT2D eigenvalue weighted by Gasteiger charge is -2.19. The Hall–Kier alpha value is -3.79. The fourth-order valence-corrected chi connectivity index (χ4v) is 2.90. The number of nitrogens with one attached hydrogen (secondary N) is 4. The van der Waals surface area contributed by atoms with Crippen LogP contribution in [0.1, 0.15) is 37.0 Å². The molecule has 0 bridgehead atoms. The SMILES string of the molecule is C#CC(C)(C)NC(=O)c1cccc(-c2cnc3[nH]c(/C(=C/NCC)NC)cc3c2)n1. The van der Waals surface area contributed by atoms with Crippen LogP contribution in [0.25, 0.3) is 28.0 Å². The summed E-state index contributed by atoms with van der Waals surface area (Å²) in [7, 11) is 1.87. The highest BCUT2D eigenvalue weighted by Gasteiger charge is 2.19. The van der Waals surface area contributed by atoms with Gasteiger partial charge in [-0.05, 0) is 45.0 Å². The van der Waals surface area contributed by atoms with E-state index in [-0.39, 0.29) is 5.91 Å². The summed E-state index contributed by atoms with van der Waals surface area (Å²) in [6, 6.07) is 9.33. The van der Waals surface area contributed by atoms with Crippen LogP contribution in [0, 0.1) is 12.3 Å². The second kappa shape index (κ2) is 8.70. The molecule has 0 saturated carbocycles. The van der Waals surface area contributed by atoms with E-state index in [1.54, 1.807) is 32.2 Å². The minimum atomic E-state index is -0.748. The molecule has 3 aromatic rings. The molecule has 7 nitrogen and oxygen atoms in total. The van der Waals surface area contributed by atoms with Gasteiger partial charge in [0, 0.05) is 36.9 Å². The van der Waals surface area contributed by atoms with E-state index in [1.807, 2.05) is 38.4 Å². The van der Waals surface area contributed by atoms with Gasteiger partial charge in [-0.25, -0.2) is 9.97 Å². The van der Waals surface area contributed by atoms with Crippen molar-refractivity contribution < 1.29 is 4.79 Å². The summed E-state index contributed by atoms with van der Waals surface area (Å²) in [5.41, 5.74) is 3.67. The second-order valence-corrected chi connectivity index (χ2v) is 7.34. The summed E-state index contributed by atoms with van der Waals surface area (Å²) in [5.74, 6) is 2.24. The molecular formula is C23H26N6O. The van der Waals surface area contributed by atoms with Crippen molar-refractivity contribution in [1.29, 1.82) is 0 Å². The number of carbonyl (C=O) groups is 1. The summed E-state index contributed by atoms with van der Waals surface area (Å²) < 4.78 is 0. The van der Waals surface area contributed by atoms with Gasteiger partial charge in [-0.3, -0.25) is 4.79 Å². The molecule has 0 unspecified atom stereocenters. The van der Waals surface area contributed by atoms with Crippen molar-refractivity contribution in [3.05, 3.63) is 54.1 Å². The molecule has 0 atom stereocenters. The smallest absolute Gasteiger partial charge is 0.271 e. The lowest BCUT2D eigenvalue weighted by Crippen LogP contribution is -2.42. The minimum absolute atomic E-state index is 0.303. The van der Waals surface area contributed by atoms with Crippen LogP contribution in [0.3, 0.4) is 0 Å². The number of hydrogen-bond donors (Lipinski definition) is 4. The molecule has 0 aromatic carbocycles. The van der Waals surface area contributed by atoms with Gasteiger partial charge >= 0.3 is 0 Å². The van der Waals surface area contributed by atoms with Crippen LogP contribution in [-0.4, -0.2) is 40.0 Å². The second-order valence-electron chi connectivity index (χ2n) is 7.34. The van der Waals surface area contributed by atoms with E-state index in [9.17, 15) is 4.79 Å². The molecule has 4 N–H and O–H groups in total. The summed E-state index contributed by atoms with van der Waals surface area (Å²) in [4.78, 5) is 24.8. The Balaban J connectivity index is 1.92. The van der Waals surface area contributed by atoms with E-state index in [2.05, 4.69) is 36.8 Å². The number of aromatic amines is 1. The zero-order chi connectivity index (χ0) is 21.7. The van der Waals surface area contributed by atoms with Crippen molar-refractivity contribution in [2.75, 3.05) is 13.6 Å². The first-order valence-electron chi connectivity index (χ1n) is 9.75. The van der Waals surface area contributed by atoms with Gasteiger partial charge in [0.25, 0.3) is 5.91 Å². The van der Waals surface area contributed by atoms with Crippen LogP contribution >= 0.6 is 0 Å². The Labute approximate surface area is 176 Å². The number of carbonyl (C=O) groups excluding carboxylic acids is 1. The van der Waals surface area contributed by atoms with Crippen molar-refractivity contribution in [2.24, 2.45) is 0 Å². The van der Waals surface area contributed by atoms with Gasteiger partial charge in [0.2, 0.25) is 0 Å². The Morgan fingerprint density at radius 3 is 2.83 bits per heavy atom. The average Bonchev–Trinajstić information content (AvgIpc) is 3.17. The van der Waals surface area contributed by atoms with Crippen molar-refractivity contribution in [3.63, 3.8) is 0 Å². The van der Waals surface area contributed by atoms with E-state index in [0.29, 0.717) is 11.4 Å². The van der Waals surface area contributed by atoms with Crippen molar-refractivity contribution in [2.45, 2.75) is 26.3 Å². The fourth-order valence-electron chi connectivity index (χ4n) is 2.90. The van der Waals surface area contributed by atoms with Gasteiger partial charge < -0.3 is 20.9 Å². The molecule has 3 aromatic heterocycles. The highest BCUT2D eigenvalue weighted by Crippen LogP contribution is 2.24. The standard InChI is InChI=1S/C23H26N6O/c1-6-23(3,4)29-22(30)18-10-8-9-17(27-18)16-11-15-12-19(28-21(15)26-13-16)20(24-5)14-25-7-2/h1,8-14,24-25H,7H2,2-5H3,(H,26,28)(H,29,30)/b20-14-. The lowest BCUT2D eigenvalue weighted by molar-refractivity contribution is 0.0925. The molecule has 1 amide bonds. The van der Waals surface area contributed by atoms with Gasteiger partial charge in [0.05, 0.1) is 22.6 Å². The number of terminal acetylenes is 1. The van der Waals surface area contributed by atoms with Crippen LogP contribution in [0.15, 0.2) is 42.7 Å². The number of hydrogen-bond acceptors (Lipinski definition) is 5. The molecule has 0 aliphatic carbocycles. The largest absolute Gasteiger partial charge is 0.389 e. The average molecular weight is 403 g/mol. The summed E-state index contributed by atoms with van der Waals surface area (Å²) in [6.45, 7) is 6.40. The molecular weight excluding hydrogens is 376 g/mol. The van der Waals surface area contributed by atoms with Crippen molar-refractivity contribution >= 4 is 22.6 Å². The van der Waals surface area contributed by atoms with Crippen LogP contribution in [0.5, 0.6) is 0 Å². The third-order valence-corrected chi connectivity index (χ3v) is 4.54. The molecule has 0 aliphatic rings. The Morgan fingerprint density at radius 1 is 1.33 bits per heavy atom. The van der Waals surface area contributed by atoms with Gasteiger partial charge in [-0.15, -0.1) is 6.42 Å². The third kappa shape index (κ3) is 4.61. The predicted molar refractivity (Wildman–Crippen MR) is 120 cm³/mol. The molecule has 0 aliphatic heterocycles. The Morgan fingerprint density at radius 2 is 2.13 bits per heavy atom. The number of H-pyrrole nitrogens is 1. The maximum absolute atomic E-state index is 12.5. The van der Waals surface area contributed by atoms with E-state index in [1.165, 1.54) is 0 Å². The molecule has 3 heterocycles. The van der Waals surface area contributed by atoms with Crippen molar-refractivity contribution in [1.82, 2.24) is 30.9 Å². The number of aromatic nitrogens is 3. The van der Waals surface area contributed by atoms with Gasteiger partial charge in [-0.1, -0.05) is 12.0 Å². The monoisotopic (exact) mass is 402 g/mol. The highest BCUT2D eigenvalue weighted by molar-refractivity contribution is 5.93. The van der Waals surface area contributed by atoms with Gasteiger partial charge in [-0.2, -0.15) is 0 Å². The predicted octanol–water partition coefficient (Wildman–Crippen LogP) is 2.89. The Bertz CT molecular complexity index is 1140. The summed E-state index contributed by atoms with van der Waals surface area (Å²) in [6.07, 6.45) is 9.12. The normalized spacial score (nSPS) is 11.8. The molecule has 7 heteroatoms. The number of rotatable bonds is 7. The van der Waals surface area contributed by atoms with E-state index < -0.39 is 5.54 Å². The number of fused-ring (bicyclic) bond motifs is 1. The third-order valence-electron chi connectivity index (χ3n) is 4.54. The highest BCUT2D eigenvalue weighted by atomic mass is 16.2. The number of nitrogens with zero attached hydrogens (tertiary/aromatic N) is 2. The molecule has 3 rings (SSSR count).